The predicted molar refractivity (Wildman–Crippen MR) is 70.5 cm³/mol. The lowest BCUT2D eigenvalue weighted by molar-refractivity contribution is -0.140. The zero-order valence-electron chi connectivity index (χ0n) is 10.4. The fourth-order valence-corrected chi connectivity index (χ4v) is 4.61. The zero-order valence-corrected chi connectivity index (χ0v) is 12.0. The Morgan fingerprint density at radius 1 is 1.63 bits per heavy atom. The van der Waals surface area contributed by atoms with Gasteiger partial charge < -0.3 is 9.67 Å². The van der Waals surface area contributed by atoms with Crippen LogP contribution in [0.15, 0.2) is 17.6 Å². The number of rotatable bonds is 4. The van der Waals surface area contributed by atoms with Crippen molar-refractivity contribution in [3.63, 3.8) is 0 Å². The van der Waals surface area contributed by atoms with Crippen LogP contribution < -0.4 is 0 Å². The minimum atomic E-state index is -3.84. The molecule has 2 heterocycles. The minimum absolute atomic E-state index is 0.0903. The first-order valence-corrected chi connectivity index (χ1v) is 8.40. The van der Waals surface area contributed by atoms with Crippen molar-refractivity contribution < 1.29 is 18.3 Å². The number of thioether (sulfide) groups is 1. The van der Waals surface area contributed by atoms with Crippen LogP contribution in [0.3, 0.4) is 0 Å². The number of aryl methyl sites for hydroxylation is 1. The average molecular weight is 305 g/mol. The van der Waals surface area contributed by atoms with Gasteiger partial charge in [0.25, 0.3) is 10.0 Å². The van der Waals surface area contributed by atoms with Gasteiger partial charge in [0, 0.05) is 30.8 Å². The summed E-state index contributed by atoms with van der Waals surface area (Å²) < 4.78 is 27.5. The number of sulfonamides is 1. The molecular weight excluding hydrogens is 290 g/mol. The van der Waals surface area contributed by atoms with Gasteiger partial charge in [-0.2, -0.15) is 16.1 Å². The number of hydrogen-bond acceptors (Lipinski definition) is 5. The Bertz CT molecular complexity index is 569. The van der Waals surface area contributed by atoms with Crippen LogP contribution in [0.2, 0.25) is 0 Å². The Labute approximate surface area is 115 Å². The molecule has 1 aromatic heterocycles. The van der Waals surface area contributed by atoms with Gasteiger partial charge >= 0.3 is 5.97 Å². The number of carboxylic acid groups (broad SMARTS) is 1. The Morgan fingerprint density at radius 2 is 2.37 bits per heavy atom. The molecule has 1 aromatic rings. The largest absolute Gasteiger partial charge is 0.480 e. The van der Waals surface area contributed by atoms with Crippen LogP contribution in [0.5, 0.6) is 0 Å². The summed E-state index contributed by atoms with van der Waals surface area (Å²) in [5.41, 5.74) is 0. The molecule has 9 heteroatoms. The monoisotopic (exact) mass is 305 g/mol. The summed E-state index contributed by atoms with van der Waals surface area (Å²) in [5.74, 6) is -0.258. The Kier molecular flexibility index (Phi) is 4.16. The quantitative estimate of drug-likeness (QED) is 0.848. The second kappa shape index (κ2) is 5.51. The number of aliphatic carboxylic acids is 1. The van der Waals surface area contributed by atoms with E-state index < -0.39 is 22.0 Å². The molecule has 0 saturated carbocycles. The van der Waals surface area contributed by atoms with Crippen LogP contribution >= 0.6 is 11.8 Å². The maximum atomic E-state index is 12.4. The number of aromatic nitrogens is 2. The number of nitrogens with zero attached hydrogens (tertiary/aromatic N) is 3. The van der Waals surface area contributed by atoms with Gasteiger partial charge in [0.2, 0.25) is 0 Å². The molecule has 1 saturated heterocycles. The van der Waals surface area contributed by atoms with Gasteiger partial charge in [0.05, 0.1) is 6.33 Å². The SMILES string of the molecule is CCn1cnc(S(=O)(=O)N2CCSCC2C(=O)O)c1. The van der Waals surface area contributed by atoms with Crippen molar-refractivity contribution in [3.8, 4) is 0 Å². The van der Waals surface area contributed by atoms with Crippen LogP contribution in [-0.4, -0.2) is 57.4 Å². The van der Waals surface area contributed by atoms with E-state index in [2.05, 4.69) is 4.98 Å². The first kappa shape index (κ1) is 14.4. The predicted octanol–water partition coefficient (Wildman–Crippen LogP) is 0.0937. The van der Waals surface area contributed by atoms with Crippen molar-refractivity contribution in [3.05, 3.63) is 12.5 Å². The van der Waals surface area contributed by atoms with Crippen molar-refractivity contribution >= 4 is 27.8 Å². The van der Waals surface area contributed by atoms with Crippen molar-refractivity contribution in [1.29, 1.82) is 0 Å². The van der Waals surface area contributed by atoms with Gasteiger partial charge in [-0.1, -0.05) is 0 Å². The summed E-state index contributed by atoms with van der Waals surface area (Å²) >= 11 is 1.44. The van der Waals surface area contributed by atoms with Crippen molar-refractivity contribution in [2.75, 3.05) is 18.1 Å². The van der Waals surface area contributed by atoms with E-state index in [1.165, 1.54) is 24.3 Å². The second-order valence-corrected chi connectivity index (χ2v) is 7.07. The van der Waals surface area contributed by atoms with Crippen LogP contribution in [0.1, 0.15) is 6.92 Å². The molecule has 0 aromatic carbocycles. The molecule has 1 aliphatic rings. The third-order valence-electron chi connectivity index (χ3n) is 2.91. The van der Waals surface area contributed by atoms with E-state index in [0.29, 0.717) is 12.3 Å². The van der Waals surface area contributed by atoms with Crippen LogP contribution in [0, 0.1) is 0 Å². The molecule has 0 bridgehead atoms. The number of carbonyl (C=O) groups is 1. The molecule has 0 aliphatic carbocycles. The lowest BCUT2D eigenvalue weighted by Crippen LogP contribution is -2.50. The summed E-state index contributed by atoms with van der Waals surface area (Å²) in [7, 11) is -3.84. The van der Waals surface area contributed by atoms with Gasteiger partial charge in [-0.3, -0.25) is 4.79 Å². The molecule has 19 heavy (non-hydrogen) atoms. The normalized spacial score (nSPS) is 21.4. The Morgan fingerprint density at radius 3 is 2.95 bits per heavy atom. The summed E-state index contributed by atoms with van der Waals surface area (Å²) in [6, 6.07) is -1.02. The fraction of sp³-hybridized carbons (Fsp3) is 0.600. The highest BCUT2D eigenvalue weighted by atomic mass is 32.2. The topological polar surface area (TPSA) is 92.5 Å². The summed E-state index contributed by atoms with van der Waals surface area (Å²) in [4.78, 5) is 15.0. The fourth-order valence-electron chi connectivity index (χ4n) is 1.84. The number of hydrogen-bond donors (Lipinski definition) is 1. The maximum absolute atomic E-state index is 12.4. The number of imidazole rings is 1. The molecule has 0 amide bonds. The lowest BCUT2D eigenvalue weighted by Gasteiger charge is -2.30. The van der Waals surface area contributed by atoms with Crippen molar-refractivity contribution in [1.82, 2.24) is 13.9 Å². The van der Waals surface area contributed by atoms with E-state index in [-0.39, 0.29) is 17.3 Å². The molecular formula is C10H15N3O4S2. The minimum Gasteiger partial charge on any atom is -0.480 e. The second-order valence-electron chi connectivity index (χ2n) is 4.09. The molecule has 1 N–H and O–H groups in total. The Hall–Kier alpha value is -1.06. The molecule has 2 rings (SSSR count). The number of carboxylic acids is 1. The first-order chi connectivity index (χ1) is 8.96. The molecule has 1 unspecified atom stereocenters. The van der Waals surface area contributed by atoms with Gasteiger partial charge in [0.15, 0.2) is 5.03 Å². The average Bonchev–Trinajstić information content (AvgIpc) is 2.88. The van der Waals surface area contributed by atoms with E-state index >= 15 is 0 Å². The maximum Gasteiger partial charge on any atom is 0.322 e. The third kappa shape index (κ3) is 2.77. The molecule has 1 atom stereocenters. The van der Waals surface area contributed by atoms with Gasteiger partial charge in [-0.25, -0.2) is 13.4 Å². The van der Waals surface area contributed by atoms with E-state index in [1.54, 1.807) is 4.57 Å². The van der Waals surface area contributed by atoms with Crippen LogP contribution in [0.4, 0.5) is 0 Å². The summed E-state index contributed by atoms with van der Waals surface area (Å²) in [6.07, 6.45) is 2.86. The standard InChI is InChI=1S/C10H15N3O4S2/c1-2-12-5-9(11-7-12)19(16,17)13-3-4-18-6-8(13)10(14)15/h5,7-8H,2-4,6H2,1H3,(H,14,15). The van der Waals surface area contributed by atoms with Crippen molar-refractivity contribution in [2.24, 2.45) is 0 Å². The molecule has 0 spiro atoms. The van der Waals surface area contributed by atoms with E-state index in [1.807, 2.05) is 6.92 Å². The highest BCUT2D eigenvalue weighted by Crippen LogP contribution is 2.23. The third-order valence-corrected chi connectivity index (χ3v) is 5.73. The van der Waals surface area contributed by atoms with Gasteiger partial charge in [-0.05, 0) is 6.92 Å². The smallest absolute Gasteiger partial charge is 0.322 e. The zero-order chi connectivity index (χ0) is 14.0. The molecule has 7 nitrogen and oxygen atoms in total. The van der Waals surface area contributed by atoms with E-state index in [0.717, 1.165) is 4.31 Å². The van der Waals surface area contributed by atoms with Gasteiger partial charge in [-0.15, -0.1) is 0 Å². The van der Waals surface area contributed by atoms with Crippen LogP contribution in [0.25, 0.3) is 0 Å². The van der Waals surface area contributed by atoms with E-state index in [4.69, 9.17) is 5.11 Å². The molecule has 1 aliphatic heterocycles. The molecule has 1 fully saturated rings. The summed E-state index contributed by atoms with van der Waals surface area (Å²) in [5, 5.41) is 9.03. The van der Waals surface area contributed by atoms with Crippen molar-refractivity contribution in [2.45, 2.75) is 24.5 Å². The molecule has 0 radical (unpaired) electrons. The highest BCUT2D eigenvalue weighted by Gasteiger charge is 2.39. The highest BCUT2D eigenvalue weighted by molar-refractivity contribution is 7.99. The molecule has 106 valence electrons. The van der Waals surface area contributed by atoms with Gasteiger partial charge in [0.1, 0.15) is 6.04 Å². The van der Waals surface area contributed by atoms with Crippen LogP contribution in [-0.2, 0) is 21.4 Å². The lowest BCUT2D eigenvalue weighted by atomic mass is 10.3. The van der Waals surface area contributed by atoms with E-state index in [9.17, 15) is 13.2 Å². The first-order valence-electron chi connectivity index (χ1n) is 5.81. The summed E-state index contributed by atoms with van der Waals surface area (Å²) in [6.45, 7) is 2.68. The Balaban J connectivity index is 2.34.